The Labute approximate surface area is 118 Å². The molecule has 5 N–H and O–H groups in total. The fourth-order valence-electron chi connectivity index (χ4n) is 1.86. The van der Waals surface area contributed by atoms with Gasteiger partial charge >= 0.3 is 0 Å². The first kappa shape index (κ1) is 16.3. The summed E-state index contributed by atoms with van der Waals surface area (Å²) in [6.07, 6.45) is -0.0286. The van der Waals surface area contributed by atoms with Gasteiger partial charge in [-0.25, -0.2) is 0 Å². The van der Waals surface area contributed by atoms with Crippen molar-refractivity contribution in [1.82, 2.24) is 0 Å². The zero-order chi connectivity index (χ0) is 15.3. The molecule has 0 radical (unpaired) electrons. The van der Waals surface area contributed by atoms with E-state index >= 15 is 0 Å². The Morgan fingerprint density at radius 3 is 2.60 bits per heavy atom. The Morgan fingerprint density at radius 2 is 2.10 bits per heavy atom. The minimum atomic E-state index is -1.13. The third kappa shape index (κ3) is 4.11. The van der Waals surface area contributed by atoms with Crippen molar-refractivity contribution in [3.8, 4) is 11.5 Å². The first-order chi connectivity index (χ1) is 9.30. The van der Waals surface area contributed by atoms with Crippen molar-refractivity contribution in [1.29, 1.82) is 0 Å². The lowest BCUT2D eigenvalue weighted by atomic mass is 9.95. The molecule has 6 nitrogen and oxygen atoms in total. The van der Waals surface area contributed by atoms with Gasteiger partial charge in [0.25, 0.3) is 0 Å². The molecule has 0 fully saturated rings. The normalized spacial score (nSPS) is 15.2. The molecule has 0 aliphatic rings. The molecule has 1 aromatic carbocycles. The summed E-state index contributed by atoms with van der Waals surface area (Å²) < 4.78 is 10.9. The fourth-order valence-corrected chi connectivity index (χ4v) is 1.86. The topological polar surface area (TPSA) is 108 Å². The summed E-state index contributed by atoms with van der Waals surface area (Å²) >= 11 is 0. The summed E-state index contributed by atoms with van der Waals surface area (Å²) in [5.74, 6) is 0.467. The predicted molar refractivity (Wildman–Crippen MR) is 75.4 cm³/mol. The van der Waals surface area contributed by atoms with Gasteiger partial charge in [0.05, 0.1) is 25.4 Å². The second-order valence-electron chi connectivity index (χ2n) is 5.06. The van der Waals surface area contributed by atoms with E-state index in [1.807, 2.05) is 0 Å². The van der Waals surface area contributed by atoms with Crippen LogP contribution in [0.1, 0.15) is 25.8 Å². The van der Waals surface area contributed by atoms with Crippen molar-refractivity contribution in [2.75, 3.05) is 7.11 Å². The second-order valence-corrected chi connectivity index (χ2v) is 5.06. The van der Waals surface area contributed by atoms with E-state index < -0.39 is 11.4 Å². The SMILES string of the molecule is COc1cc(CO)ccc1OC(C)CC(C)(N)C(N)=O. The van der Waals surface area contributed by atoms with Gasteiger partial charge in [-0.15, -0.1) is 0 Å². The van der Waals surface area contributed by atoms with Gasteiger partial charge in [0.15, 0.2) is 11.5 Å². The van der Waals surface area contributed by atoms with Crippen molar-refractivity contribution in [2.24, 2.45) is 11.5 Å². The first-order valence-corrected chi connectivity index (χ1v) is 6.33. The maximum atomic E-state index is 11.2. The average Bonchev–Trinajstić information content (AvgIpc) is 2.38. The number of aliphatic hydroxyl groups is 1. The van der Waals surface area contributed by atoms with Crippen LogP contribution in [-0.2, 0) is 11.4 Å². The number of hydrogen-bond donors (Lipinski definition) is 3. The molecular weight excluding hydrogens is 260 g/mol. The van der Waals surface area contributed by atoms with Crippen LogP contribution >= 0.6 is 0 Å². The summed E-state index contributed by atoms with van der Waals surface area (Å²) in [6, 6.07) is 5.14. The molecule has 20 heavy (non-hydrogen) atoms. The van der Waals surface area contributed by atoms with E-state index in [1.54, 1.807) is 32.0 Å². The first-order valence-electron chi connectivity index (χ1n) is 6.33. The van der Waals surface area contributed by atoms with Crippen LogP contribution in [0.3, 0.4) is 0 Å². The standard InChI is InChI=1S/C14H22N2O4/c1-9(7-14(2,16)13(15)18)20-11-5-4-10(8-17)6-12(11)19-3/h4-6,9,17H,7-8,16H2,1-3H3,(H2,15,18). The molecule has 0 aromatic heterocycles. The average molecular weight is 282 g/mol. The maximum Gasteiger partial charge on any atom is 0.237 e. The third-order valence-corrected chi connectivity index (χ3v) is 3.01. The van der Waals surface area contributed by atoms with Gasteiger partial charge in [0.1, 0.15) is 0 Å². The lowest BCUT2D eigenvalue weighted by molar-refractivity contribution is -0.123. The summed E-state index contributed by atoms with van der Waals surface area (Å²) in [4.78, 5) is 11.2. The van der Waals surface area contributed by atoms with E-state index in [0.717, 1.165) is 5.56 Å². The Hall–Kier alpha value is -1.79. The number of rotatable bonds is 7. The minimum absolute atomic E-state index is 0.0747. The van der Waals surface area contributed by atoms with Crippen molar-refractivity contribution in [3.63, 3.8) is 0 Å². The molecule has 112 valence electrons. The summed E-state index contributed by atoms with van der Waals surface area (Å²) in [5, 5.41) is 9.08. The number of methoxy groups -OCH3 is 1. The van der Waals surface area contributed by atoms with Gasteiger partial charge < -0.3 is 26.0 Å². The van der Waals surface area contributed by atoms with Crippen LogP contribution in [-0.4, -0.2) is 29.8 Å². The fraction of sp³-hybridized carbons (Fsp3) is 0.500. The van der Waals surface area contributed by atoms with Gasteiger partial charge in [-0.2, -0.15) is 0 Å². The molecule has 6 heteroatoms. The predicted octanol–water partition coefficient (Wildman–Crippen LogP) is 0.548. The van der Waals surface area contributed by atoms with Crippen molar-refractivity contribution in [2.45, 2.75) is 38.5 Å². The van der Waals surface area contributed by atoms with E-state index in [2.05, 4.69) is 0 Å². The van der Waals surface area contributed by atoms with E-state index in [1.165, 1.54) is 7.11 Å². The largest absolute Gasteiger partial charge is 0.493 e. The molecule has 0 bridgehead atoms. The number of carbonyl (C=O) groups excluding carboxylic acids is 1. The van der Waals surface area contributed by atoms with Gasteiger partial charge in [-0.1, -0.05) is 6.07 Å². The monoisotopic (exact) mass is 282 g/mol. The van der Waals surface area contributed by atoms with Crippen molar-refractivity contribution in [3.05, 3.63) is 23.8 Å². The van der Waals surface area contributed by atoms with Gasteiger partial charge in [-0.3, -0.25) is 4.79 Å². The number of carbonyl (C=O) groups is 1. The highest BCUT2D eigenvalue weighted by Crippen LogP contribution is 2.30. The van der Waals surface area contributed by atoms with Crippen LogP contribution < -0.4 is 20.9 Å². The molecule has 0 heterocycles. The highest BCUT2D eigenvalue weighted by Gasteiger charge is 2.29. The molecule has 2 unspecified atom stereocenters. The van der Waals surface area contributed by atoms with Crippen molar-refractivity contribution < 1.29 is 19.4 Å². The zero-order valence-electron chi connectivity index (χ0n) is 12.1. The van der Waals surface area contributed by atoms with Crippen molar-refractivity contribution >= 4 is 5.91 Å². The lowest BCUT2D eigenvalue weighted by Crippen LogP contribution is -2.51. The summed E-state index contributed by atoms with van der Waals surface area (Å²) in [5.41, 5.74) is 10.6. The Kier molecular flexibility index (Phi) is 5.35. The highest BCUT2D eigenvalue weighted by atomic mass is 16.5. The number of nitrogens with two attached hydrogens (primary N) is 2. The lowest BCUT2D eigenvalue weighted by Gasteiger charge is -2.25. The molecule has 0 saturated carbocycles. The molecule has 0 aliphatic carbocycles. The van der Waals surface area contributed by atoms with Crippen LogP contribution in [0.4, 0.5) is 0 Å². The molecule has 0 spiro atoms. The van der Waals surface area contributed by atoms with E-state index in [9.17, 15) is 4.79 Å². The summed E-state index contributed by atoms with van der Waals surface area (Å²) in [7, 11) is 1.52. The smallest absolute Gasteiger partial charge is 0.237 e. The number of benzene rings is 1. The molecular formula is C14H22N2O4. The quantitative estimate of drug-likeness (QED) is 0.676. The number of primary amides is 1. The van der Waals surface area contributed by atoms with Gasteiger partial charge in [0, 0.05) is 6.42 Å². The minimum Gasteiger partial charge on any atom is -0.493 e. The van der Waals surface area contributed by atoms with E-state index in [4.69, 9.17) is 26.0 Å². The van der Waals surface area contributed by atoms with Gasteiger partial charge in [-0.05, 0) is 31.5 Å². The van der Waals surface area contributed by atoms with Crippen LogP contribution in [0.2, 0.25) is 0 Å². The molecule has 0 aliphatic heterocycles. The molecule has 1 rings (SSSR count). The number of hydrogen-bond acceptors (Lipinski definition) is 5. The summed E-state index contributed by atoms with van der Waals surface area (Å²) in [6.45, 7) is 3.30. The molecule has 0 saturated heterocycles. The Balaban J connectivity index is 2.80. The number of aliphatic hydroxyl groups excluding tert-OH is 1. The van der Waals surface area contributed by atoms with Crippen LogP contribution in [0.15, 0.2) is 18.2 Å². The maximum absolute atomic E-state index is 11.2. The molecule has 2 atom stereocenters. The molecule has 1 aromatic rings. The third-order valence-electron chi connectivity index (χ3n) is 3.01. The van der Waals surface area contributed by atoms with E-state index in [0.29, 0.717) is 11.5 Å². The Morgan fingerprint density at radius 1 is 1.45 bits per heavy atom. The Bertz CT molecular complexity index is 474. The molecule has 1 amide bonds. The van der Waals surface area contributed by atoms with Crippen LogP contribution in [0.25, 0.3) is 0 Å². The number of ether oxygens (including phenoxy) is 2. The van der Waals surface area contributed by atoms with Crippen LogP contribution in [0, 0.1) is 0 Å². The zero-order valence-corrected chi connectivity index (χ0v) is 12.1. The number of amides is 1. The van der Waals surface area contributed by atoms with Crippen LogP contribution in [0.5, 0.6) is 11.5 Å². The second kappa shape index (κ2) is 6.58. The highest BCUT2D eigenvalue weighted by molar-refractivity contribution is 5.83. The van der Waals surface area contributed by atoms with Gasteiger partial charge in [0.2, 0.25) is 5.91 Å². The van der Waals surface area contributed by atoms with E-state index in [-0.39, 0.29) is 19.1 Å².